The normalized spacial score (nSPS) is 17.1. The third kappa shape index (κ3) is 9.42. The molecule has 1 aliphatic rings. The fraction of sp³-hybridized carbons (Fsp3) is 0.480. The van der Waals surface area contributed by atoms with Crippen LogP contribution in [0.4, 0.5) is 0 Å². The van der Waals surface area contributed by atoms with Crippen LogP contribution >= 0.6 is 0 Å². The maximum absolute atomic E-state index is 12.1. The molecule has 2 N–H and O–H groups in total. The minimum Gasteiger partial charge on any atom is -0.497 e. The molecular weight excluding hydrogens is 378 g/mol. The van der Waals surface area contributed by atoms with Gasteiger partial charge in [-0.1, -0.05) is 48.6 Å². The predicted molar refractivity (Wildman–Crippen MR) is 120 cm³/mol. The van der Waals surface area contributed by atoms with Gasteiger partial charge in [0.05, 0.1) is 19.3 Å². The molecule has 2 unspecified atom stereocenters. The smallest absolute Gasteiger partial charge is 0.222 e. The number of allylic oxidation sites excluding steroid dienone is 4. The van der Waals surface area contributed by atoms with Crippen LogP contribution in [0.1, 0.15) is 44.1 Å². The first-order valence-electron chi connectivity index (χ1n) is 10.9. The van der Waals surface area contributed by atoms with E-state index in [1.807, 2.05) is 41.3 Å². The predicted octanol–water partition coefficient (Wildman–Crippen LogP) is 3.81. The number of hydrogen-bond acceptors (Lipinski definition) is 4. The highest BCUT2D eigenvalue weighted by Gasteiger charge is 2.16. The zero-order valence-corrected chi connectivity index (χ0v) is 18.0. The number of hydrogen-bond donors (Lipinski definition) is 2. The standard InChI is InChI=1S/C25H35NO4/c1-30-24-16-12-21(13-17-24)11-14-22(27)9-5-2-3-6-10-23(28)15-18-25(29)26-19-7-4-8-20-26/h2-3,5-6,9-10,12-13,16-17,22-23,27-28H,4,7-8,11,14-15,18-20H2,1H3/b3-2-,9-5+,10-6+. The van der Waals surface area contributed by atoms with Crippen LogP contribution in [0.25, 0.3) is 0 Å². The van der Waals surface area contributed by atoms with Crippen LogP contribution in [-0.2, 0) is 11.2 Å². The number of carbonyl (C=O) groups excluding carboxylic acids is 1. The Bertz CT molecular complexity index is 702. The van der Waals surface area contributed by atoms with E-state index in [0.29, 0.717) is 19.3 Å². The third-order valence-electron chi connectivity index (χ3n) is 5.25. The minimum absolute atomic E-state index is 0.143. The molecule has 1 aromatic carbocycles. The molecule has 1 saturated heterocycles. The number of nitrogens with zero attached hydrogens (tertiary/aromatic N) is 1. The largest absolute Gasteiger partial charge is 0.497 e. The van der Waals surface area contributed by atoms with E-state index in [9.17, 15) is 15.0 Å². The number of likely N-dealkylation sites (tertiary alicyclic amines) is 1. The van der Waals surface area contributed by atoms with Gasteiger partial charge in [0.1, 0.15) is 5.75 Å². The van der Waals surface area contributed by atoms with Crippen LogP contribution in [0.5, 0.6) is 5.75 Å². The van der Waals surface area contributed by atoms with Crippen LogP contribution in [0.3, 0.4) is 0 Å². The molecule has 1 aromatic rings. The quantitative estimate of drug-likeness (QED) is 0.541. The summed E-state index contributed by atoms with van der Waals surface area (Å²) in [6, 6.07) is 7.85. The van der Waals surface area contributed by atoms with Crippen molar-refractivity contribution in [3.8, 4) is 5.75 Å². The summed E-state index contributed by atoms with van der Waals surface area (Å²) in [6.45, 7) is 1.71. The number of carbonyl (C=O) groups is 1. The molecule has 0 radical (unpaired) electrons. The van der Waals surface area contributed by atoms with Crippen molar-refractivity contribution in [2.75, 3.05) is 20.2 Å². The molecule has 0 aliphatic carbocycles. The maximum atomic E-state index is 12.1. The van der Waals surface area contributed by atoms with Crippen LogP contribution in [0.2, 0.25) is 0 Å². The van der Waals surface area contributed by atoms with Crippen molar-refractivity contribution < 1.29 is 19.7 Å². The fourth-order valence-corrected chi connectivity index (χ4v) is 3.39. The van der Waals surface area contributed by atoms with Crippen molar-refractivity contribution >= 4 is 5.91 Å². The SMILES string of the molecule is COc1ccc(CCC(O)/C=C/C=C\C=C\C(O)CCC(=O)N2CCCCC2)cc1. The van der Waals surface area contributed by atoms with Crippen molar-refractivity contribution in [2.45, 2.75) is 57.2 Å². The van der Waals surface area contributed by atoms with Gasteiger partial charge in [-0.2, -0.15) is 0 Å². The summed E-state index contributed by atoms with van der Waals surface area (Å²) in [7, 11) is 1.64. The molecule has 1 heterocycles. The van der Waals surface area contributed by atoms with Crippen molar-refractivity contribution in [1.29, 1.82) is 0 Å². The molecular formula is C25H35NO4. The number of aryl methyl sites for hydroxylation is 1. The van der Waals surface area contributed by atoms with Crippen LogP contribution in [-0.4, -0.2) is 53.4 Å². The topological polar surface area (TPSA) is 70.0 Å². The third-order valence-corrected chi connectivity index (χ3v) is 5.25. The van der Waals surface area contributed by atoms with E-state index in [2.05, 4.69) is 0 Å². The first-order valence-corrected chi connectivity index (χ1v) is 10.9. The number of aliphatic hydroxyl groups is 2. The first kappa shape index (κ1) is 23.9. The Balaban J connectivity index is 1.60. The summed E-state index contributed by atoms with van der Waals surface area (Å²) in [4.78, 5) is 14.0. The average Bonchev–Trinajstić information content (AvgIpc) is 2.79. The molecule has 2 rings (SSSR count). The number of ether oxygens (including phenoxy) is 1. The number of aliphatic hydroxyl groups excluding tert-OH is 2. The molecule has 5 nitrogen and oxygen atoms in total. The summed E-state index contributed by atoms with van der Waals surface area (Å²) >= 11 is 0. The molecule has 1 fully saturated rings. The van der Waals surface area contributed by atoms with E-state index in [-0.39, 0.29) is 5.91 Å². The molecule has 0 saturated carbocycles. The van der Waals surface area contributed by atoms with E-state index < -0.39 is 12.2 Å². The van der Waals surface area contributed by atoms with E-state index >= 15 is 0 Å². The zero-order valence-electron chi connectivity index (χ0n) is 18.0. The molecule has 1 amide bonds. The van der Waals surface area contributed by atoms with Crippen molar-refractivity contribution in [3.63, 3.8) is 0 Å². The van der Waals surface area contributed by atoms with Gasteiger partial charge in [0, 0.05) is 19.5 Å². The lowest BCUT2D eigenvalue weighted by Gasteiger charge is -2.26. The van der Waals surface area contributed by atoms with Gasteiger partial charge >= 0.3 is 0 Å². The second-order valence-electron chi connectivity index (χ2n) is 7.66. The molecule has 0 aromatic heterocycles. The monoisotopic (exact) mass is 413 g/mol. The van der Waals surface area contributed by atoms with Crippen molar-refractivity contribution in [1.82, 2.24) is 4.90 Å². The Morgan fingerprint density at radius 1 is 0.967 bits per heavy atom. The second-order valence-corrected chi connectivity index (χ2v) is 7.66. The Morgan fingerprint density at radius 3 is 2.17 bits per heavy atom. The van der Waals surface area contributed by atoms with Gasteiger partial charge in [-0.3, -0.25) is 4.79 Å². The Labute approximate surface area is 180 Å². The lowest BCUT2D eigenvalue weighted by atomic mass is 10.1. The summed E-state index contributed by atoms with van der Waals surface area (Å²) < 4.78 is 5.14. The Hall–Kier alpha value is -2.37. The molecule has 164 valence electrons. The zero-order chi connectivity index (χ0) is 21.6. The van der Waals surface area contributed by atoms with Gasteiger partial charge < -0.3 is 19.8 Å². The molecule has 0 bridgehead atoms. The highest BCUT2D eigenvalue weighted by atomic mass is 16.5. The number of piperidine rings is 1. The number of methoxy groups -OCH3 is 1. The Morgan fingerprint density at radius 2 is 1.57 bits per heavy atom. The summed E-state index contributed by atoms with van der Waals surface area (Å²) in [5, 5.41) is 20.0. The molecule has 5 heteroatoms. The number of rotatable bonds is 11. The van der Waals surface area contributed by atoms with E-state index in [0.717, 1.165) is 43.7 Å². The minimum atomic E-state index is -0.623. The van der Waals surface area contributed by atoms with Gasteiger partial charge in [-0.05, 0) is 56.2 Å². The highest BCUT2D eigenvalue weighted by molar-refractivity contribution is 5.76. The van der Waals surface area contributed by atoms with Gasteiger partial charge in [0.2, 0.25) is 5.91 Å². The molecule has 30 heavy (non-hydrogen) atoms. The summed E-state index contributed by atoms with van der Waals surface area (Å²) in [5.74, 6) is 0.973. The van der Waals surface area contributed by atoms with Crippen LogP contribution in [0, 0.1) is 0 Å². The molecule has 0 spiro atoms. The van der Waals surface area contributed by atoms with E-state index in [1.165, 1.54) is 6.42 Å². The van der Waals surface area contributed by atoms with Gasteiger partial charge in [0.25, 0.3) is 0 Å². The molecule has 1 aliphatic heterocycles. The Kier molecular flexibility index (Phi) is 11.0. The lowest BCUT2D eigenvalue weighted by Crippen LogP contribution is -2.35. The summed E-state index contributed by atoms with van der Waals surface area (Å²) in [6.07, 6.45) is 15.2. The maximum Gasteiger partial charge on any atom is 0.222 e. The van der Waals surface area contributed by atoms with Gasteiger partial charge in [-0.25, -0.2) is 0 Å². The summed E-state index contributed by atoms with van der Waals surface area (Å²) in [5.41, 5.74) is 1.16. The number of benzene rings is 1. The lowest BCUT2D eigenvalue weighted by molar-refractivity contribution is -0.132. The van der Waals surface area contributed by atoms with Crippen LogP contribution < -0.4 is 4.74 Å². The van der Waals surface area contributed by atoms with E-state index in [1.54, 1.807) is 31.4 Å². The fourth-order valence-electron chi connectivity index (χ4n) is 3.39. The van der Waals surface area contributed by atoms with E-state index in [4.69, 9.17) is 4.74 Å². The number of amides is 1. The van der Waals surface area contributed by atoms with Crippen LogP contribution in [0.15, 0.2) is 60.7 Å². The first-order chi connectivity index (χ1) is 14.6. The molecule has 2 atom stereocenters. The van der Waals surface area contributed by atoms with Gasteiger partial charge in [-0.15, -0.1) is 0 Å². The van der Waals surface area contributed by atoms with Crippen molar-refractivity contribution in [3.05, 3.63) is 66.3 Å². The van der Waals surface area contributed by atoms with Crippen molar-refractivity contribution in [2.24, 2.45) is 0 Å². The highest BCUT2D eigenvalue weighted by Crippen LogP contribution is 2.14. The van der Waals surface area contributed by atoms with Gasteiger partial charge in [0.15, 0.2) is 0 Å². The second kappa shape index (κ2) is 13.8. The average molecular weight is 414 g/mol.